The van der Waals surface area contributed by atoms with Crippen molar-refractivity contribution in [1.82, 2.24) is 5.32 Å². The number of hydrogen-bond donors (Lipinski definition) is 1. The van der Waals surface area contributed by atoms with Crippen LogP contribution in [0.3, 0.4) is 0 Å². The lowest BCUT2D eigenvalue weighted by Gasteiger charge is -2.27. The summed E-state index contributed by atoms with van der Waals surface area (Å²) in [5, 5.41) is 2.98. The highest BCUT2D eigenvalue weighted by Gasteiger charge is 2.47. The molecule has 260 valence electrons. The van der Waals surface area contributed by atoms with Gasteiger partial charge in [0.25, 0.3) is 0 Å². The van der Waals surface area contributed by atoms with Gasteiger partial charge in [0, 0.05) is 18.6 Å². The first-order valence-electron chi connectivity index (χ1n) is 14.1. The molecular weight excluding hydrogens is 664 g/mol. The van der Waals surface area contributed by atoms with Crippen molar-refractivity contribution in [3.8, 4) is 0 Å². The van der Waals surface area contributed by atoms with Crippen LogP contribution in [0, 0.1) is 0 Å². The first-order chi connectivity index (χ1) is 21.0. The maximum absolute atomic E-state index is 12.2. The lowest BCUT2D eigenvalue weighted by Crippen LogP contribution is -2.41. The Balaban J connectivity index is 0.000000595. The van der Waals surface area contributed by atoms with Crippen molar-refractivity contribution < 1.29 is 57.3 Å². The molecule has 0 spiro atoms. The highest BCUT2D eigenvalue weighted by Crippen LogP contribution is 2.36. The van der Waals surface area contributed by atoms with Gasteiger partial charge in [-0.25, -0.2) is 26.2 Å². The molecule has 0 aliphatic carbocycles. The van der Waals surface area contributed by atoms with E-state index in [2.05, 4.69) is 54.0 Å². The smallest absolute Gasteiger partial charge is 0.450 e. The average Bonchev–Trinajstić information content (AvgIpc) is 2.92. The van der Waals surface area contributed by atoms with Crippen LogP contribution >= 0.6 is 0 Å². The Morgan fingerprint density at radius 2 is 1.46 bits per heavy atom. The van der Waals surface area contributed by atoms with E-state index in [4.69, 9.17) is 4.74 Å². The zero-order valence-electron chi connectivity index (χ0n) is 25.9. The molecule has 1 heterocycles. The van der Waals surface area contributed by atoms with Gasteiger partial charge in [0.05, 0.1) is 12.1 Å². The number of sulfonamides is 2. The molecule has 0 unspecified atom stereocenters. The minimum atomic E-state index is -6.72. The van der Waals surface area contributed by atoms with Crippen molar-refractivity contribution in [1.29, 1.82) is 0 Å². The summed E-state index contributed by atoms with van der Waals surface area (Å²) in [4.78, 5) is 12.2. The van der Waals surface area contributed by atoms with Crippen LogP contribution in [0.25, 0.3) is 9.70 Å². The standard InChI is InChI=1S/C27H38N2O2.C2F6NO4S2/c1-6-12-23-15-18-29(19-16-23)17-9-7-8-10-20-31-26(30)28-27(4,5)25-14-11-13-24(21-25)22(2)3;3-1(4,5)14(10,11)9-15(12,13)2(6,7)8/h11,13-16,18-19,21H,2,6-10,12,17,20H2,1,3-5H3;/q;-1/p+1. The lowest BCUT2D eigenvalue weighted by atomic mass is 9.92. The third-order valence-electron chi connectivity index (χ3n) is 6.32. The van der Waals surface area contributed by atoms with Crippen molar-refractivity contribution >= 4 is 31.7 Å². The molecule has 2 aromatic rings. The van der Waals surface area contributed by atoms with Gasteiger partial charge in [0.1, 0.15) is 6.54 Å². The van der Waals surface area contributed by atoms with Crippen LogP contribution in [-0.4, -0.2) is 40.6 Å². The van der Waals surface area contributed by atoms with Gasteiger partial charge in [-0.3, -0.25) is 0 Å². The van der Waals surface area contributed by atoms with E-state index in [0.717, 1.165) is 59.5 Å². The number of benzene rings is 1. The summed E-state index contributed by atoms with van der Waals surface area (Å²) in [5.41, 5.74) is -8.39. The maximum atomic E-state index is 12.2. The second kappa shape index (κ2) is 17.1. The fourth-order valence-corrected chi connectivity index (χ4v) is 5.47. The predicted molar refractivity (Wildman–Crippen MR) is 161 cm³/mol. The van der Waals surface area contributed by atoms with Crippen molar-refractivity contribution in [2.75, 3.05) is 6.61 Å². The number of halogens is 6. The third kappa shape index (κ3) is 13.7. The molecule has 0 aliphatic rings. The first kappa shape index (κ1) is 40.8. The van der Waals surface area contributed by atoms with E-state index >= 15 is 0 Å². The maximum Gasteiger partial charge on any atom is 0.480 e. The second-order valence-electron chi connectivity index (χ2n) is 10.8. The molecule has 0 atom stereocenters. The van der Waals surface area contributed by atoms with E-state index in [1.165, 1.54) is 12.0 Å². The number of amides is 1. The number of unbranched alkanes of at least 4 members (excludes halogenated alkanes) is 3. The number of alkyl halides is 6. The Morgan fingerprint density at radius 3 is 1.96 bits per heavy atom. The zero-order valence-corrected chi connectivity index (χ0v) is 27.5. The van der Waals surface area contributed by atoms with E-state index in [0.29, 0.717) is 6.61 Å². The fraction of sp³-hybridized carbons (Fsp3) is 0.517. The number of carbonyl (C=O) groups excluding carboxylic acids is 1. The number of nitrogens with one attached hydrogen (secondary N) is 1. The summed E-state index contributed by atoms with van der Waals surface area (Å²) >= 11 is 0. The number of alkyl carbamates (subject to hydrolysis) is 1. The number of rotatable bonds is 14. The zero-order chi connectivity index (χ0) is 35.4. The molecule has 0 saturated heterocycles. The molecule has 46 heavy (non-hydrogen) atoms. The Hall–Kier alpha value is -3.18. The van der Waals surface area contributed by atoms with Crippen molar-refractivity contribution in [2.24, 2.45) is 0 Å². The topological polar surface area (TPSA) is 125 Å². The summed E-state index contributed by atoms with van der Waals surface area (Å²) in [6, 6.07) is 12.5. The lowest BCUT2D eigenvalue weighted by molar-refractivity contribution is -0.697. The van der Waals surface area contributed by atoms with Crippen LogP contribution in [0.5, 0.6) is 0 Å². The summed E-state index contributed by atoms with van der Waals surface area (Å²) in [5.74, 6) is 0. The molecule has 17 heteroatoms. The average molecular weight is 704 g/mol. The van der Waals surface area contributed by atoms with Crippen LogP contribution in [0.2, 0.25) is 0 Å². The van der Waals surface area contributed by atoms with Crippen LogP contribution in [0.1, 0.15) is 76.5 Å². The summed E-state index contributed by atoms with van der Waals surface area (Å²) < 4.78 is 117. The number of carbonyl (C=O) groups is 1. The Bertz CT molecular complexity index is 1470. The van der Waals surface area contributed by atoms with Crippen LogP contribution < -0.4 is 9.88 Å². The van der Waals surface area contributed by atoms with Gasteiger partial charge < -0.3 is 14.2 Å². The number of aromatic nitrogens is 1. The number of ether oxygens (including phenoxy) is 1. The van der Waals surface area contributed by atoms with Gasteiger partial charge in [-0.1, -0.05) is 43.7 Å². The van der Waals surface area contributed by atoms with Crippen LogP contribution in [0.4, 0.5) is 31.1 Å². The number of aryl methyl sites for hydroxylation is 2. The molecule has 0 bridgehead atoms. The molecule has 0 aliphatic heterocycles. The van der Waals surface area contributed by atoms with E-state index in [1.807, 2.05) is 39.0 Å². The van der Waals surface area contributed by atoms with Gasteiger partial charge >= 0.3 is 17.1 Å². The van der Waals surface area contributed by atoms with Gasteiger partial charge in [0.15, 0.2) is 32.4 Å². The quantitative estimate of drug-likeness (QED) is 0.126. The van der Waals surface area contributed by atoms with Crippen molar-refractivity contribution in [3.63, 3.8) is 0 Å². The van der Waals surface area contributed by atoms with E-state index in [-0.39, 0.29) is 6.09 Å². The van der Waals surface area contributed by atoms with E-state index < -0.39 is 36.6 Å². The molecule has 2 rings (SSSR count). The summed E-state index contributed by atoms with van der Waals surface area (Å²) in [7, 11) is -13.4. The molecule has 0 saturated carbocycles. The largest absolute Gasteiger partial charge is 0.480 e. The minimum Gasteiger partial charge on any atom is -0.450 e. The molecule has 0 radical (unpaired) electrons. The number of pyridine rings is 1. The number of allylic oxidation sites excluding steroid dienone is 1. The third-order valence-corrected chi connectivity index (χ3v) is 9.06. The normalized spacial score (nSPS) is 12.6. The molecule has 1 N–H and O–H groups in total. The molecule has 1 aromatic heterocycles. The highest BCUT2D eigenvalue weighted by atomic mass is 32.3. The van der Waals surface area contributed by atoms with Gasteiger partial charge in [-0.15, -0.1) is 0 Å². The fourth-order valence-electron chi connectivity index (χ4n) is 3.76. The Labute approximate surface area is 266 Å². The Kier molecular flexibility index (Phi) is 15.2. The molecule has 1 aromatic carbocycles. The molecular formula is C29H39F6N3O6S2. The number of nitrogens with zero attached hydrogens (tertiary/aromatic N) is 2. The minimum absolute atomic E-state index is 0.367. The molecule has 9 nitrogen and oxygen atoms in total. The Morgan fingerprint density at radius 1 is 0.913 bits per heavy atom. The van der Waals surface area contributed by atoms with Gasteiger partial charge in [-0.2, -0.15) is 26.3 Å². The second-order valence-corrected chi connectivity index (χ2v) is 14.2. The molecule has 1 amide bonds. The SMILES string of the molecule is C=C(C)c1cccc(C(C)(C)NC(=O)OCCCCCC[n+]2ccc(CCC)cc2)c1.O=S(=O)([N-]S(=O)(=O)C(F)(F)F)C(F)(F)F. The van der Waals surface area contributed by atoms with Gasteiger partial charge in [-0.05, 0) is 69.2 Å². The molecule has 0 fully saturated rings. The van der Waals surface area contributed by atoms with Crippen LogP contribution in [-0.2, 0) is 43.3 Å². The first-order valence-corrected chi connectivity index (χ1v) is 17.0. The number of hydrogen-bond acceptors (Lipinski definition) is 6. The summed E-state index contributed by atoms with van der Waals surface area (Å²) in [6.45, 7) is 13.6. The summed E-state index contributed by atoms with van der Waals surface area (Å²) in [6.07, 6.45) is 10.5. The van der Waals surface area contributed by atoms with Crippen molar-refractivity contribution in [3.05, 3.63) is 76.2 Å². The van der Waals surface area contributed by atoms with Gasteiger partial charge in [0.2, 0.25) is 0 Å². The van der Waals surface area contributed by atoms with E-state index in [9.17, 15) is 48.0 Å². The monoisotopic (exact) mass is 703 g/mol. The highest BCUT2D eigenvalue weighted by molar-refractivity contribution is 8.13. The van der Waals surface area contributed by atoms with Crippen LogP contribution in [0.15, 0.2) is 55.4 Å². The van der Waals surface area contributed by atoms with Crippen molar-refractivity contribution in [2.45, 2.75) is 89.3 Å². The predicted octanol–water partition coefficient (Wildman–Crippen LogP) is 7.24. The van der Waals surface area contributed by atoms with E-state index in [1.54, 1.807) is 0 Å².